The van der Waals surface area contributed by atoms with Gasteiger partial charge in [0.25, 0.3) is 12.4 Å². The first-order valence-electron chi connectivity index (χ1n) is 11.2. The van der Waals surface area contributed by atoms with E-state index in [1.165, 1.54) is 0 Å². The number of hydrogen-bond donors (Lipinski definition) is 4. The largest absolute Gasteiger partial charge is 0.397 e. The Morgan fingerprint density at radius 2 is 1.69 bits per heavy atom. The zero-order chi connectivity index (χ0) is 29.6. The van der Waals surface area contributed by atoms with Gasteiger partial charge in [0.1, 0.15) is 10.3 Å². The van der Waals surface area contributed by atoms with Gasteiger partial charge in [-0.05, 0) is 30.2 Å². The highest BCUT2D eigenvalue weighted by Crippen LogP contribution is 2.14. The van der Waals surface area contributed by atoms with E-state index in [1.54, 1.807) is 31.5 Å². The normalized spacial score (nSPS) is 12.5. The summed E-state index contributed by atoms with van der Waals surface area (Å²) in [6, 6.07) is 7.29. The summed E-state index contributed by atoms with van der Waals surface area (Å²) in [5, 5.41) is 34.5. The third-order valence-corrected chi connectivity index (χ3v) is 4.70. The molecular formula is C22H30Cl4N8O5. The molecule has 0 aromatic carbocycles. The lowest BCUT2D eigenvalue weighted by atomic mass is 10.2. The highest BCUT2D eigenvalue weighted by molar-refractivity contribution is 6.55. The van der Waals surface area contributed by atoms with Crippen LogP contribution in [0.3, 0.4) is 0 Å². The van der Waals surface area contributed by atoms with Gasteiger partial charge in [-0.25, -0.2) is 9.97 Å². The van der Waals surface area contributed by atoms with Gasteiger partial charge < -0.3 is 26.4 Å². The molecule has 1 aliphatic rings. The minimum atomic E-state index is -0.727. The molecule has 2 aromatic heterocycles. The van der Waals surface area contributed by atoms with Crippen LogP contribution in [-0.2, 0) is 13.1 Å². The van der Waals surface area contributed by atoms with Gasteiger partial charge in [0.2, 0.25) is 0 Å². The topological polar surface area (TPSA) is 186 Å². The van der Waals surface area contributed by atoms with Gasteiger partial charge in [0.05, 0.1) is 9.85 Å². The summed E-state index contributed by atoms with van der Waals surface area (Å²) in [5.74, 6) is 0.532. The first kappa shape index (κ1) is 36.2. The van der Waals surface area contributed by atoms with Crippen molar-refractivity contribution in [3.05, 3.63) is 101 Å². The standard InChI is InChI=1S/C10H11ClN4O2.C8H12ClN3.C2HCl2NO2.C2H6O/c11-9-2-1-8(5-13-9)6-14-4-3-12-10(14)7-15(16)17;9-8-2-1-7(6-12-8)5-11-4-3-10;3-2(4)1-5(6)7;1-2-3/h1-2,5,7,12H,3-4,6H2;1-2,6,11H,3-5,10H2;1H;3H,2H2,1H3/b10-7-;;;. The fourth-order valence-corrected chi connectivity index (χ4v) is 2.97. The second-order valence-corrected chi connectivity index (χ2v) is 8.89. The molecule has 0 radical (unpaired) electrons. The highest BCUT2D eigenvalue weighted by atomic mass is 35.5. The number of nitrogens with zero attached hydrogens (tertiary/aromatic N) is 5. The van der Waals surface area contributed by atoms with Crippen molar-refractivity contribution in [3.8, 4) is 0 Å². The molecular weight excluding hydrogens is 598 g/mol. The summed E-state index contributed by atoms with van der Waals surface area (Å²) in [7, 11) is 0. The number of nitro groups is 2. The van der Waals surface area contributed by atoms with Crippen molar-refractivity contribution < 1.29 is 15.0 Å². The van der Waals surface area contributed by atoms with Gasteiger partial charge in [0, 0.05) is 58.3 Å². The van der Waals surface area contributed by atoms with E-state index in [4.69, 9.17) is 57.2 Å². The Kier molecular flexibility index (Phi) is 20.5. The van der Waals surface area contributed by atoms with Crippen LogP contribution in [0.4, 0.5) is 0 Å². The molecule has 0 aliphatic carbocycles. The summed E-state index contributed by atoms with van der Waals surface area (Å²) >= 11 is 21.0. The molecule has 0 amide bonds. The van der Waals surface area contributed by atoms with Gasteiger partial charge >= 0.3 is 0 Å². The van der Waals surface area contributed by atoms with Crippen molar-refractivity contribution >= 4 is 46.4 Å². The molecule has 1 fully saturated rings. The van der Waals surface area contributed by atoms with E-state index in [1.807, 2.05) is 17.0 Å². The van der Waals surface area contributed by atoms with Crippen LogP contribution in [-0.4, -0.2) is 62.6 Å². The van der Waals surface area contributed by atoms with Crippen LogP contribution in [0, 0.1) is 20.2 Å². The number of aromatic nitrogens is 2. The smallest absolute Gasteiger partial charge is 0.274 e. The van der Waals surface area contributed by atoms with E-state index in [2.05, 4.69) is 20.6 Å². The maximum absolute atomic E-state index is 10.4. The SMILES string of the molecule is CCO.NCCNCc1ccc(Cl)nc1.O=[N+]([O-])/C=C1/NCCN1Cc1ccc(Cl)nc1.O=[N+]([O-])C=C(Cl)Cl. The maximum atomic E-state index is 10.4. The van der Waals surface area contributed by atoms with Crippen molar-refractivity contribution in [2.45, 2.75) is 20.0 Å². The molecule has 39 heavy (non-hydrogen) atoms. The number of nitrogens with two attached hydrogens (primary N) is 1. The number of halogens is 4. The Balaban J connectivity index is 0.000000572. The lowest BCUT2D eigenvalue weighted by Gasteiger charge is -2.16. The van der Waals surface area contributed by atoms with Crippen molar-refractivity contribution in [1.29, 1.82) is 0 Å². The summed E-state index contributed by atoms with van der Waals surface area (Å²) in [4.78, 5) is 28.4. The molecule has 3 rings (SSSR count). The van der Waals surface area contributed by atoms with E-state index < -0.39 is 9.85 Å². The minimum Gasteiger partial charge on any atom is -0.397 e. The molecule has 0 bridgehead atoms. The van der Waals surface area contributed by atoms with Crippen molar-refractivity contribution in [2.24, 2.45) is 5.73 Å². The monoisotopic (exact) mass is 626 g/mol. The van der Waals surface area contributed by atoms with E-state index in [0.717, 1.165) is 37.0 Å². The number of aliphatic hydroxyl groups excluding tert-OH is 1. The number of rotatable bonds is 8. The summed E-state index contributed by atoms with van der Waals surface area (Å²) < 4.78 is -0.343. The average molecular weight is 628 g/mol. The van der Waals surface area contributed by atoms with Crippen LogP contribution in [0.2, 0.25) is 10.3 Å². The van der Waals surface area contributed by atoms with Gasteiger partial charge in [-0.1, -0.05) is 58.5 Å². The van der Waals surface area contributed by atoms with Crippen LogP contribution < -0.4 is 16.4 Å². The zero-order valence-corrected chi connectivity index (χ0v) is 24.0. The molecule has 0 saturated carbocycles. The number of nitrogens with one attached hydrogen (secondary N) is 2. The fourth-order valence-electron chi connectivity index (χ4n) is 2.59. The Bertz CT molecular complexity index is 1040. The first-order valence-corrected chi connectivity index (χ1v) is 12.8. The average Bonchev–Trinajstić information content (AvgIpc) is 3.28. The quantitative estimate of drug-likeness (QED) is 0.145. The van der Waals surface area contributed by atoms with Gasteiger partial charge in [0.15, 0.2) is 10.3 Å². The molecule has 0 unspecified atom stereocenters. The Hall–Kier alpha value is -2.78. The second-order valence-electron chi connectivity index (χ2n) is 7.11. The number of hydrogen-bond acceptors (Lipinski definition) is 11. The second kappa shape index (κ2) is 22.1. The van der Waals surface area contributed by atoms with E-state index >= 15 is 0 Å². The minimum absolute atomic E-state index is 0.250. The molecule has 3 heterocycles. The van der Waals surface area contributed by atoms with E-state index in [0.29, 0.717) is 42.0 Å². The third-order valence-electron chi connectivity index (χ3n) is 4.06. The van der Waals surface area contributed by atoms with Crippen molar-refractivity contribution in [2.75, 3.05) is 32.8 Å². The zero-order valence-electron chi connectivity index (χ0n) is 21.0. The number of aliphatic hydroxyl groups is 1. The fraction of sp³-hybridized carbons (Fsp3) is 0.364. The van der Waals surface area contributed by atoms with E-state index in [-0.39, 0.29) is 11.1 Å². The summed E-state index contributed by atoms with van der Waals surface area (Å²) in [6.45, 7) is 6.23. The molecule has 1 saturated heterocycles. The number of pyridine rings is 2. The molecule has 1 aliphatic heterocycles. The Labute approximate surface area is 245 Å². The molecule has 216 valence electrons. The lowest BCUT2D eigenvalue weighted by Crippen LogP contribution is -2.21. The van der Waals surface area contributed by atoms with Crippen LogP contribution in [0.1, 0.15) is 18.1 Å². The van der Waals surface area contributed by atoms with E-state index in [9.17, 15) is 20.2 Å². The van der Waals surface area contributed by atoms with Crippen molar-refractivity contribution in [1.82, 2.24) is 25.5 Å². The Morgan fingerprint density at radius 1 is 1.13 bits per heavy atom. The highest BCUT2D eigenvalue weighted by Gasteiger charge is 2.19. The third kappa shape index (κ3) is 19.9. The Morgan fingerprint density at radius 3 is 2.10 bits per heavy atom. The van der Waals surface area contributed by atoms with Crippen molar-refractivity contribution in [3.63, 3.8) is 0 Å². The predicted molar refractivity (Wildman–Crippen MR) is 152 cm³/mol. The summed E-state index contributed by atoms with van der Waals surface area (Å²) in [6.07, 6.45) is 4.91. The molecule has 13 nitrogen and oxygen atoms in total. The van der Waals surface area contributed by atoms with Crippen LogP contribution in [0.25, 0.3) is 0 Å². The van der Waals surface area contributed by atoms with Crippen LogP contribution in [0.5, 0.6) is 0 Å². The van der Waals surface area contributed by atoms with Crippen LogP contribution >= 0.6 is 46.4 Å². The van der Waals surface area contributed by atoms with Gasteiger partial charge in [-0.3, -0.25) is 20.2 Å². The molecule has 5 N–H and O–H groups in total. The first-order chi connectivity index (χ1) is 18.5. The van der Waals surface area contributed by atoms with Gasteiger partial charge in [-0.15, -0.1) is 0 Å². The molecule has 17 heteroatoms. The molecule has 0 spiro atoms. The predicted octanol–water partition coefficient (Wildman–Crippen LogP) is 3.54. The van der Waals surface area contributed by atoms with Gasteiger partial charge in [-0.2, -0.15) is 0 Å². The van der Waals surface area contributed by atoms with Crippen LogP contribution in [0.15, 0.2) is 59.4 Å². The molecule has 0 atom stereocenters. The maximum Gasteiger partial charge on any atom is 0.274 e. The molecule has 2 aromatic rings. The lowest BCUT2D eigenvalue weighted by molar-refractivity contribution is -0.404. The summed E-state index contributed by atoms with van der Waals surface area (Å²) in [5.41, 5.74) is 7.40.